The van der Waals surface area contributed by atoms with Gasteiger partial charge in [0.25, 0.3) is 0 Å². The van der Waals surface area contributed by atoms with E-state index in [-0.39, 0.29) is 6.71 Å². The molecule has 0 saturated heterocycles. The van der Waals surface area contributed by atoms with Gasteiger partial charge in [0.2, 0.25) is 6.71 Å². The second-order valence-electron chi connectivity index (χ2n) is 17.0. The van der Waals surface area contributed by atoms with Gasteiger partial charge in [-0.3, -0.25) is 0 Å². The number of benzene rings is 10. The molecular weight excluding hydrogens is 788 g/mol. The molecule has 1 nitrogen and oxygen atoms in total. The SMILES string of the molecule is c1ccc(-c2ccc(-c3cccc4c3oc3ccc([Si](c5ccccc5)(c5ccccc5)c5ccccc5)cc34)c(-c3ccccc3)c2B2c3ccccc3Cc3ccccc32)cc1. The minimum absolute atomic E-state index is 0.0102. The Hall–Kier alpha value is -7.72. The Labute approximate surface area is 376 Å². The summed E-state index contributed by atoms with van der Waals surface area (Å²) in [6.45, 7) is 0.0102. The van der Waals surface area contributed by atoms with Crippen molar-refractivity contribution in [1.29, 1.82) is 0 Å². The van der Waals surface area contributed by atoms with E-state index in [0.29, 0.717) is 0 Å². The van der Waals surface area contributed by atoms with E-state index in [9.17, 15) is 0 Å². The Morgan fingerprint density at radius 1 is 0.359 bits per heavy atom. The molecule has 0 unspecified atom stereocenters. The molecule has 0 fully saturated rings. The zero-order valence-corrected chi connectivity index (χ0v) is 36.4. The summed E-state index contributed by atoms with van der Waals surface area (Å²) in [5.41, 5.74) is 15.7. The van der Waals surface area contributed by atoms with Crippen molar-refractivity contribution in [2.24, 2.45) is 0 Å². The third kappa shape index (κ3) is 6.15. The van der Waals surface area contributed by atoms with E-state index in [1.807, 2.05) is 0 Å². The van der Waals surface area contributed by atoms with Crippen LogP contribution in [0, 0.1) is 0 Å². The monoisotopic (exact) mass is 830 g/mol. The maximum atomic E-state index is 7.14. The van der Waals surface area contributed by atoms with Crippen LogP contribution in [0.4, 0.5) is 0 Å². The zero-order valence-electron chi connectivity index (χ0n) is 35.4. The van der Waals surface area contributed by atoms with Gasteiger partial charge < -0.3 is 4.42 Å². The molecule has 0 spiro atoms. The first kappa shape index (κ1) is 38.0. The van der Waals surface area contributed by atoms with Crippen molar-refractivity contribution < 1.29 is 4.42 Å². The third-order valence-electron chi connectivity index (χ3n) is 13.6. The van der Waals surface area contributed by atoms with Crippen molar-refractivity contribution >= 4 is 73.9 Å². The molecular formula is C61H43BOSi. The second kappa shape index (κ2) is 15.9. The molecule has 12 rings (SSSR count). The molecule has 0 aliphatic carbocycles. The van der Waals surface area contributed by atoms with Crippen LogP contribution in [0.15, 0.2) is 253 Å². The van der Waals surface area contributed by atoms with Crippen molar-refractivity contribution in [3.63, 3.8) is 0 Å². The van der Waals surface area contributed by atoms with Crippen LogP contribution in [0.25, 0.3) is 55.3 Å². The molecule has 0 bridgehead atoms. The molecule has 11 aromatic rings. The van der Waals surface area contributed by atoms with Gasteiger partial charge >= 0.3 is 0 Å². The lowest BCUT2D eigenvalue weighted by atomic mass is 9.32. The molecule has 300 valence electrons. The molecule has 2 heterocycles. The van der Waals surface area contributed by atoms with Crippen LogP contribution >= 0.6 is 0 Å². The standard InChI is InChI=1S/C61H43BOSi/c1-6-21-43(22-7-1)51-38-39-52(59(44-23-8-2-9-24-44)60(51)62-56-35-18-16-25-45(56)41-46-26-17-19-36-57(46)62)53-33-20-34-54-55-42-50(37-40-58(55)63-61(53)54)64(47-27-10-3-11-28-47,48-29-12-4-13-30-48)49-31-14-5-15-32-49/h1-40,42H,41H2. The summed E-state index contributed by atoms with van der Waals surface area (Å²) >= 11 is 0. The minimum atomic E-state index is -2.77. The smallest absolute Gasteiger partial charge is 0.243 e. The molecule has 1 aliphatic heterocycles. The van der Waals surface area contributed by atoms with Gasteiger partial charge in [0.15, 0.2) is 8.07 Å². The maximum Gasteiger partial charge on any atom is 0.243 e. The van der Waals surface area contributed by atoms with Crippen molar-refractivity contribution in [2.45, 2.75) is 6.42 Å². The quantitative estimate of drug-likeness (QED) is 0.110. The molecule has 0 atom stereocenters. The van der Waals surface area contributed by atoms with Crippen LogP contribution < -0.4 is 37.1 Å². The molecule has 1 aliphatic rings. The molecule has 64 heavy (non-hydrogen) atoms. The highest BCUT2D eigenvalue weighted by molar-refractivity contribution is 7.20. The fourth-order valence-corrected chi connectivity index (χ4v) is 15.6. The summed E-state index contributed by atoms with van der Waals surface area (Å²) in [4.78, 5) is 0. The first-order valence-corrected chi connectivity index (χ1v) is 24.3. The summed E-state index contributed by atoms with van der Waals surface area (Å²) in [7, 11) is -2.77. The Morgan fingerprint density at radius 2 is 0.859 bits per heavy atom. The first-order chi connectivity index (χ1) is 31.8. The van der Waals surface area contributed by atoms with Gasteiger partial charge in [-0.15, -0.1) is 0 Å². The number of furan rings is 1. The van der Waals surface area contributed by atoms with Crippen LogP contribution in [0.3, 0.4) is 0 Å². The molecule has 0 N–H and O–H groups in total. The van der Waals surface area contributed by atoms with Crippen molar-refractivity contribution in [2.75, 3.05) is 0 Å². The van der Waals surface area contributed by atoms with Gasteiger partial charge in [-0.25, -0.2) is 0 Å². The predicted octanol–water partition coefficient (Wildman–Crippen LogP) is 10.4. The summed E-state index contributed by atoms with van der Waals surface area (Å²) < 4.78 is 7.14. The minimum Gasteiger partial charge on any atom is -0.455 e. The van der Waals surface area contributed by atoms with Gasteiger partial charge in [-0.05, 0) is 72.2 Å². The predicted molar refractivity (Wildman–Crippen MR) is 274 cm³/mol. The zero-order chi connectivity index (χ0) is 42.5. The first-order valence-electron chi connectivity index (χ1n) is 22.3. The lowest BCUT2D eigenvalue weighted by molar-refractivity contribution is 0.670. The molecule has 3 heteroatoms. The normalized spacial score (nSPS) is 12.3. The fourth-order valence-electron chi connectivity index (χ4n) is 10.9. The second-order valence-corrected chi connectivity index (χ2v) is 20.8. The fraction of sp³-hybridized carbons (Fsp3) is 0.0164. The summed E-state index contributed by atoms with van der Waals surface area (Å²) in [5.74, 6) is 0. The highest BCUT2D eigenvalue weighted by atomic mass is 28.3. The van der Waals surface area contributed by atoms with Crippen molar-refractivity contribution in [1.82, 2.24) is 0 Å². The van der Waals surface area contributed by atoms with E-state index in [1.165, 1.54) is 70.5 Å². The Kier molecular flexibility index (Phi) is 9.43. The maximum absolute atomic E-state index is 7.14. The molecule has 10 aromatic carbocycles. The number of hydrogen-bond acceptors (Lipinski definition) is 1. The largest absolute Gasteiger partial charge is 0.455 e. The molecule has 0 radical (unpaired) electrons. The van der Waals surface area contributed by atoms with Crippen LogP contribution in [0.1, 0.15) is 11.1 Å². The van der Waals surface area contributed by atoms with Gasteiger partial charge in [-0.1, -0.05) is 259 Å². The summed E-state index contributed by atoms with van der Waals surface area (Å²) in [6, 6.07) is 92.0. The summed E-state index contributed by atoms with van der Waals surface area (Å²) in [6.07, 6.45) is 0.924. The highest BCUT2D eigenvalue weighted by Crippen LogP contribution is 2.41. The number of fused-ring (bicyclic) bond motifs is 5. The average molecular weight is 831 g/mol. The van der Waals surface area contributed by atoms with E-state index < -0.39 is 8.07 Å². The summed E-state index contributed by atoms with van der Waals surface area (Å²) in [5, 5.41) is 7.63. The average Bonchev–Trinajstić information content (AvgIpc) is 3.75. The van der Waals surface area contributed by atoms with Crippen molar-refractivity contribution in [3.05, 3.63) is 260 Å². The van der Waals surface area contributed by atoms with E-state index in [2.05, 4.69) is 249 Å². The van der Waals surface area contributed by atoms with Crippen molar-refractivity contribution in [3.8, 4) is 33.4 Å². The van der Waals surface area contributed by atoms with E-state index in [1.54, 1.807) is 0 Å². The third-order valence-corrected chi connectivity index (χ3v) is 18.4. The Balaban J connectivity index is 1.15. The van der Waals surface area contributed by atoms with Crippen LogP contribution in [-0.4, -0.2) is 14.8 Å². The lowest BCUT2D eigenvalue weighted by Crippen LogP contribution is -2.74. The van der Waals surface area contributed by atoms with Crippen LogP contribution in [0.5, 0.6) is 0 Å². The van der Waals surface area contributed by atoms with Crippen LogP contribution in [0.2, 0.25) is 0 Å². The number of rotatable bonds is 8. The topological polar surface area (TPSA) is 13.1 Å². The Morgan fingerprint density at radius 3 is 1.44 bits per heavy atom. The molecule has 1 aromatic heterocycles. The van der Waals surface area contributed by atoms with Gasteiger partial charge in [0.1, 0.15) is 11.2 Å². The van der Waals surface area contributed by atoms with E-state index in [4.69, 9.17) is 4.42 Å². The lowest BCUT2D eigenvalue weighted by Gasteiger charge is -2.34. The van der Waals surface area contributed by atoms with Gasteiger partial charge in [0, 0.05) is 16.3 Å². The molecule has 0 saturated carbocycles. The van der Waals surface area contributed by atoms with Crippen LogP contribution in [-0.2, 0) is 6.42 Å². The van der Waals surface area contributed by atoms with Gasteiger partial charge in [-0.2, -0.15) is 0 Å². The van der Waals surface area contributed by atoms with E-state index in [0.717, 1.165) is 39.5 Å². The van der Waals surface area contributed by atoms with Gasteiger partial charge in [0.05, 0.1) is 0 Å². The Bertz CT molecular complexity index is 3310. The highest BCUT2D eigenvalue weighted by Gasteiger charge is 2.42. The van der Waals surface area contributed by atoms with E-state index >= 15 is 0 Å². The molecule has 0 amide bonds. The number of hydrogen-bond donors (Lipinski definition) is 0. The number of para-hydroxylation sites is 1.